The Hall–Kier alpha value is -1.44. The quantitative estimate of drug-likeness (QED) is 0.654. The molecule has 0 saturated carbocycles. The third-order valence-electron chi connectivity index (χ3n) is 1.88. The largest absolute Gasteiger partial charge is 0.294 e. The Labute approximate surface area is 78.3 Å². The molecular formula is C11H13NO. The van der Waals surface area contributed by atoms with Gasteiger partial charge in [0.05, 0.1) is 6.42 Å². The molecule has 0 fully saturated rings. The van der Waals surface area contributed by atoms with Gasteiger partial charge >= 0.3 is 0 Å². The molecule has 13 heavy (non-hydrogen) atoms. The molecule has 0 unspecified atom stereocenters. The van der Waals surface area contributed by atoms with Crippen molar-refractivity contribution in [3.63, 3.8) is 0 Å². The molecule has 68 valence electrons. The maximum absolute atomic E-state index is 11.0. The van der Waals surface area contributed by atoms with E-state index in [4.69, 9.17) is 0 Å². The van der Waals surface area contributed by atoms with Crippen molar-refractivity contribution in [3.05, 3.63) is 42.2 Å². The van der Waals surface area contributed by atoms with Crippen LogP contribution >= 0.6 is 0 Å². The van der Waals surface area contributed by atoms with Crippen LogP contribution in [0.5, 0.6) is 0 Å². The summed E-state index contributed by atoms with van der Waals surface area (Å²) in [6, 6.07) is 3.89. The lowest BCUT2D eigenvalue weighted by atomic mass is 10.1. The van der Waals surface area contributed by atoms with Crippen molar-refractivity contribution in [1.82, 2.24) is 4.98 Å². The monoisotopic (exact) mass is 175 g/mol. The number of pyridine rings is 1. The fraction of sp³-hybridized carbons (Fsp3) is 0.273. The van der Waals surface area contributed by atoms with Crippen molar-refractivity contribution in [1.29, 1.82) is 0 Å². The van der Waals surface area contributed by atoms with Crippen molar-refractivity contribution in [2.24, 2.45) is 0 Å². The molecule has 0 atom stereocenters. The summed E-state index contributed by atoms with van der Waals surface area (Å²) in [7, 11) is 0. The molecule has 1 aromatic rings. The van der Waals surface area contributed by atoms with Crippen LogP contribution < -0.4 is 0 Å². The van der Waals surface area contributed by atoms with E-state index in [9.17, 15) is 4.79 Å². The number of rotatable bonds is 4. The van der Waals surface area contributed by atoms with Crippen LogP contribution in [0.1, 0.15) is 18.2 Å². The zero-order chi connectivity index (χ0) is 9.68. The number of ketones is 1. The highest BCUT2D eigenvalue weighted by molar-refractivity contribution is 5.90. The van der Waals surface area contributed by atoms with E-state index in [1.54, 1.807) is 0 Å². The van der Waals surface area contributed by atoms with Gasteiger partial charge in [0, 0.05) is 11.9 Å². The maximum Gasteiger partial charge on any atom is 0.161 e. The molecule has 0 spiro atoms. The van der Waals surface area contributed by atoms with Gasteiger partial charge < -0.3 is 0 Å². The fourth-order valence-electron chi connectivity index (χ4n) is 1.02. The summed E-state index contributed by atoms with van der Waals surface area (Å²) in [5.41, 5.74) is 2.00. The summed E-state index contributed by atoms with van der Waals surface area (Å²) >= 11 is 0. The van der Waals surface area contributed by atoms with Crippen LogP contribution in [0.3, 0.4) is 0 Å². The van der Waals surface area contributed by atoms with Crippen molar-refractivity contribution < 1.29 is 4.79 Å². The first-order valence-corrected chi connectivity index (χ1v) is 4.35. The average molecular weight is 175 g/mol. The van der Waals surface area contributed by atoms with Gasteiger partial charge in [0.1, 0.15) is 0 Å². The fourth-order valence-corrected chi connectivity index (χ4v) is 1.02. The zero-order valence-corrected chi connectivity index (χ0v) is 7.79. The molecule has 1 heterocycles. The van der Waals surface area contributed by atoms with E-state index >= 15 is 0 Å². The second kappa shape index (κ2) is 4.55. The van der Waals surface area contributed by atoms with Crippen molar-refractivity contribution in [3.8, 4) is 0 Å². The van der Waals surface area contributed by atoms with E-state index in [0.717, 1.165) is 12.1 Å². The number of carbonyl (C=O) groups is 1. The highest BCUT2D eigenvalue weighted by Gasteiger charge is 1.99. The van der Waals surface area contributed by atoms with Crippen LogP contribution in [0.25, 0.3) is 0 Å². The molecule has 0 N–H and O–H groups in total. The first-order chi connectivity index (χ1) is 6.26. The number of nitrogens with zero attached hydrogens (tertiary/aromatic N) is 1. The Kier molecular flexibility index (Phi) is 3.38. The van der Waals surface area contributed by atoms with Gasteiger partial charge in [-0.3, -0.25) is 9.78 Å². The lowest BCUT2D eigenvalue weighted by molar-refractivity contribution is -0.114. The summed E-state index contributed by atoms with van der Waals surface area (Å²) in [6.07, 6.45) is 4.47. The second-order valence-corrected chi connectivity index (χ2v) is 2.86. The molecule has 2 nitrogen and oxygen atoms in total. The van der Waals surface area contributed by atoms with E-state index in [2.05, 4.69) is 18.5 Å². The molecule has 0 aliphatic rings. The van der Waals surface area contributed by atoms with Gasteiger partial charge in [0.2, 0.25) is 0 Å². The van der Waals surface area contributed by atoms with Gasteiger partial charge in [-0.1, -0.05) is 19.6 Å². The summed E-state index contributed by atoms with van der Waals surface area (Å²) in [5, 5.41) is 0. The summed E-state index contributed by atoms with van der Waals surface area (Å²) in [6.45, 7) is 5.49. The minimum absolute atomic E-state index is 0.0109. The predicted octanol–water partition coefficient (Wildman–Crippen LogP) is 1.94. The Bertz CT molecular complexity index is 300. The van der Waals surface area contributed by atoms with E-state index in [0.29, 0.717) is 6.42 Å². The highest BCUT2D eigenvalue weighted by atomic mass is 16.1. The molecule has 0 amide bonds. The maximum atomic E-state index is 11.0. The Morgan fingerprint density at radius 2 is 2.38 bits per heavy atom. The van der Waals surface area contributed by atoms with Gasteiger partial charge in [0.15, 0.2) is 5.78 Å². The second-order valence-electron chi connectivity index (χ2n) is 2.86. The van der Waals surface area contributed by atoms with Crippen LogP contribution in [-0.4, -0.2) is 10.8 Å². The van der Waals surface area contributed by atoms with Gasteiger partial charge in [-0.05, 0) is 24.1 Å². The minimum atomic E-state index is 0.0109. The van der Waals surface area contributed by atoms with E-state index in [1.807, 2.05) is 18.3 Å². The van der Waals surface area contributed by atoms with E-state index < -0.39 is 0 Å². The summed E-state index contributed by atoms with van der Waals surface area (Å²) < 4.78 is 0. The lowest BCUT2D eigenvalue weighted by Gasteiger charge is -1.98. The normalized spacial score (nSPS) is 9.62. The SMILES string of the molecule is C=CC(=O)Cc1ccc(CC)cn1. The molecule has 0 radical (unpaired) electrons. The van der Waals surface area contributed by atoms with Crippen LogP contribution in [0, 0.1) is 0 Å². The zero-order valence-electron chi connectivity index (χ0n) is 7.79. The van der Waals surface area contributed by atoms with E-state index in [-0.39, 0.29) is 5.78 Å². The summed E-state index contributed by atoms with van der Waals surface area (Å²) in [4.78, 5) is 15.1. The van der Waals surface area contributed by atoms with Crippen LogP contribution in [0.15, 0.2) is 31.0 Å². The molecule has 0 aliphatic heterocycles. The topological polar surface area (TPSA) is 30.0 Å². The molecule has 0 aliphatic carbocycles. The highest BCUT2D eigenvalue weighted by Crippen LogP contribution is 2.02. The number of aryl methyl sites for hydroxylation is 1. The summed E-state index contributed by atoms with van der Waals surface area (Å²) in [5.74, 6) is 0.0109. The number of hydrogen-bond donors (Lipinski definition) is 0. The van der Waals surface area contributed by atoms with Crippen LogP contribution in [0.4, 0.5) is 0 Å². The Morgan fingerprint density at radius 3 is 2.85 bits per heavy atom. The third-order valence-corrected chi connectivity index (χ3v) is 1.88. The van der Waals surface area contributed by atoms with Crippen molar-refractivity contribution >= 4 is 5.78 Å². The van der Waals surface area contributed by atoms with Gasteiger partial charge in [-0.25, -0.2) is 0 Å². The molecule has 0 bridgehead atoms. The van der Waals surface area contributed by atoms with Crippen molar-refractivity contribution in [2.45, 2.75) is 19.8 Å². The number of aromatic nitrogens is 1. The first-order valence-electron chi connectivity index (χ1n) is 4.35. The average Bonchev–Trinajstić information content (AvgIpc) is 2.19. The first kappa shape index (κ1) is 9.65. The molecule has 0 aromatic carbocycles. The van der Waals surface area contributed by atoms with Gasteiger partial charge in [0.25, 0.3) is 0 Å². The van der Waals surface area contributed by atoms with Crippen molar-refractivity contribution in [2.75, 3.05) is 0 Å². The minimum Gasteiger partial charge on any atom is -0.294 e. The van der Waals surface area contributed by atoms with Crippen LogP contribution in [0.2, 0.25) is 0 Å². The molecule has 2 heteroatoms. The molecule has 1 rings (SSSR count). The predicted molar refractivity (Wildman–Crippen MR) is 52.5 cm³/mol. The number of allylic oxidation sites excluding steroid dienone is 1. The number of hydrogen-bond acceptors (Lipinski definition) is 2. The lowest BCUT2D eigenvalue weighted by Crippen LogP contribution is -2.00. The standard InChI is InChI=1S/C11H13NO/c1-3-9-5-6-10(12-8-9)7-11(13)4-2/h4-6,8H,2-3,7H2,1H3. The van der Waals surface area contributed by atoms with Crippen LogP contribution in [-0.2, 0) is 17.6 Å². The number of carbonyl (C=O) groups excluding carboxylic acids is 1. The van der Waals surface area contributed by atoms with E-state index in [1.165, 1.54) is 11.6 Å². The van der Waals surface area contributed by atoms with Gasteiger partial charge in [-0.15, -0.1) is 0 Å². The third kappa shape index (κ3) is 2.82. The molecule has 1 aromatic heterocycles. The molecule has 0 saturated heterocycles. The molecular weight excluding hydrogens is 162 g/mol. The Morgan fingerprint density at radius 1 is 1.62 bits per heavy atom. The Balaban J connectivity index is 2.69. The van der Waals surface area contributed by atoms with Gasteiger partial charge in [-0.2, -0.15) is 0 Å². The smallest absolute Gasteiger partial charge is 0.161 e.